The molecule has 1 aliphatic heterocycles. The van der Waals surface area contributed by atoms with Gasteiger partial charge in [0.25, 0.3) is 0 Å². The summed E-state index contributed by atoms with van der Waals surface area (Å²) < 4.78 is 0. The second-order valence-electron chi connectivity index (χ2n) is 6.06. The third-order valence-corrected chi connectivity index (χ3v) is 4.57. The summed E-state index contributed by atoms with van der Waals surface area (Å²) in [7, 11) is 0. The molecule has 2 aliphatic rings. The van der Waals surface area contributed by atoms with Crippen molar-refractivity contribution in [3.63, 3.8) is 0 Å². The first-order valence-electron chi connectivity index (χ1n) is 6.62. The summed E-state index contributed by atoms with van der Waals surface area (Å²) in [5.74, 6) is -1.13. The highest BCUT2D eigenvalue weighted by atomic mass is 16.4. The van der Waals surface area contributed by atoms with Crippen LogP contribution < -0.4 is 0 Å². The van der Waals surface area contributed by atoms with Gasteiger partial charge in [-0.1, -0.05) is 12.8 Å². The van der Waals surface area contributed by atoms with E-state index < -0.39 is 11.6 Å². The summed E-state index contributed by atoms with van der Waals surface area (Å²) in [6.07, 6.45) is 7.73. The summed E-state index contributed by atoms with van der Waals surface area (Å²) in [6.45, 7) is 3.50. The Labute approximate surface area is 103 Å². The zero-order chi connectivity index (χ0) is 12.5. The number of hydrogen-bond acceptors (Lipinski definition) is 3. The fraction of sp³-hybridized carbons (Fsp3) is 0.923. The van der Waals surface area contributed by atoms with Gasteiger partial charge in [-0.25, -0.2) is 4.79 Å². The van der Waals surface area contributed by atoms with Crippen LogP contribution in [0.2, 0.25) is 0 Å². The molecule has 4 nitrogen and oxygen atoms in total. The third-order valence-electron chi connectivity index (χ3n) is 4.57. The Morgan fingerprint density at radius 2 is 1.76 bits per heavy atom. The lowest BCUT2D eigenvalue weighted by atomic mass is 9.77. The molecule has 1 saturated carbocycles. The third kappa shape index (κ3) is 2.80. The van der Waals surface area contributed by atoms with Gasteiger partial charge in [-0.05, 0) is 51.1 Å². The molecule has 0 bridgehead atoms. The van der Waals surface area contributed by atoms with Gasteiger partial charge in [-0.2, -0.15) is 0 Å². The Bertz CT molecular complexity index is 285. The maximum atomic E-state index is 10.9. The molecule has 2 N–H and O–H groups in total. The van der Waals surface area contributed by atoms with Gasteiger partial charge in [0, 0.05) is 6.54 Å². The SMILES string of the molecule is CC(O)(CN1CCC2(CCCC2)CC1)C(=O)O. The normalized spacial score (nSPS) is 28.1. The first kappa shape index (κ1) is 12.8. The largest absolute Gasteiger partial charge is 0.479 e. The van der Waals surface area contributed by atoms with E-state index in [-0.39, 0.29) is 6.54 Å². The molecular weight excluding hydrogens is 218 g/mol. The van der Waals surface area contributed by atoms with Crippen molar-refractivity contribution in [3.8, 4) is 0 Å². The van der Waals surface area contributed by atoms with E-state index in [1.807, 2.05) is 0 Å². The quantitative estimate of drug-likeness (QED) is 0.785. The Kier molecular flexibility index (Phi) is 3.46. The molecule has 1 spiro atoms. The Balaban J connectivity index is 1.85. The second-order valence-corrected chi connectivity index (χ2v) is 6.06. The van der Waals surface area contributed by atoms with Crippen molar-refractivity contribution in [2.24, 2.45) is 5.41 Å². The lowest BCUT2D eigenvalue weighted by Crippen LogP contribution is -2.50. The molecular formula is C13H23NO3. The van der Waals surface area contributed by atoms with Crippen LogP contribution in [0.5, 0.6) is 0 Å². The van der Waals surface area contributed by atoms with Gasteiger partial charge >= 0.3 is 5.97 Å². The Morgan fingerprint density at radius 3 is 2.24 bits per heavy atom. The van der Waals surface area contributed by atoms with E-state index in [0.717, 1.165) is 13.1 Å². The molecule has 0 aromatic heterocycles. The molecule has 2 rings (SSSR count). The summed E-state index contributed by atoms with van der Waals surface area (Å²) in [4.78, 5) is 13.0. The minimum absolute atomic E-state index is 0.248. The van der Waals surface area contributed by atoms with E-state index in [2.05, 4.69) is 4.90 Å². The zero-order valence-electron chi connectivity index (χ0n) is 10.6. The van der Waals surface area contributed by atoms with Crippen LogP contribution in [0.4, 0.5) is 0 Å². The van der Waals surface area contributed by atoms with Crippen molar-refractivity contribution in [1.82, 2.24) is 4.90 Å². The molecule has 4 heteroatoms. The molecule has 98 valence electrons. The minimum Gasteiger partial charge on any atom is -0.479 e. The first-order valence-corrected chi connectivity index (χ1v) is 6.62. The molecule has 2 fully saturated rings. The second kappa shape index (κ2) is 4.58. The number of β-amino-alcohol motifs (C(OH)–C–C–N with tert-alkyl or cyclic N) is 1. The monoisotopic (exact) mass is 241 g/mol. The topological polar surface area (TPSA) is 60.8 Å². The van der Waals surface area contributed by atoms with Crippen molar-refractivity contribution in [2.75, 3.05) is 19.6 Å². The average Bonchev–Trinajstić information content (AvgIpc) is 2.70. The fourth-order valence-electron chi connectivity index (χ4n) is 3.31. The number of piperidine rings is 1. The highest BCUT2D eigenvalue weighted by molar-refractivity contribution is 5.76. The van der Waals surface area contributed by atoms with E-state index in [1.54, 1.807) is 0 Å². The van der Waals surface area contributed by atoms with Gasteiger partial charge in [0.1, 0.15) is 0 Å². The summed E-state index contributed by atoms with van der Waals surface area (Å²) in [6, 6.07) is 0. The molecule has 17 heavy (non-hydrogen) atoms. The number of aliphatic hydroxyl groups is 1. The molecule has 0 amide bonds. The van der Waals surface area contributed by atoms with Crippen LogP contribution in [0, 0.1) is 5.41 Å². The number of hydrogen-bond donors (Lipinski definition) is 2. The van der Waals surface area contributed by atoms with Crippen molar-refractivity contribution < 1.29 is 15.0 Å². The highest BCUT2D eigenvalue weighted by Gasteiger charge is 2.39. The van der Waals surface area contributed by atoms with Crippen LogP contribution in [0.25, 0.3) is 0 Å². The van der Waals surface area contributed by atoms with E-state index in [4.69, 9.17) is 5.11 Å². The molecule has 1 aliphatic carbocycles. The van der Waals surface area contributed by atoms with Gasteiger partial charge in [-0.3, -0.25) is 4.90 Å². The average molecular weight is 241 g/mol. The van der Waals surface area contributed by atoms with Gasteiger partial charge in [0.15, 0.2) is 5.60 Å². The Morgan fingerprint density at radius 1 is 1.24 bits per heavy atom. The minimum atomic E-state index is -1.61. The predicted molar refractivity (Wildman–Crippen MR) is 64.8 cm³/mol. The lowest BCUT2D eigenvalue weighted by molar-refractivity contribution is -0.159. The van der Waals surface area contributed by atoms with Crippen LogP contribution >= 0.6 is 0 Å². The van der Waals surface area contributed by atoms with Crippen LogP contribution in [-0.4, -0.2) is 46.3 Å². The standard InChI is InChI=1S/C13H23NO3/c1-12(17,11(15)16)10-14-8-6-13(7-9-14)4-2-3-5-13/h17H,2-10H2,1H3,(H,15,16). The number of nitrogens with zero attached hydrogens (tertiary/aromatic N) is 1. The summed E-state index contributed by atoms with van der Waals surface area (Å²) in [5.41, 5.74) is -1.06. The summed E-state index contributed by atoms with van der Waals surface area (Å²) in [5, 5.41) is 18.7. The number of aliphatic carboxylic acids is 1. The molecule has 0 aromatic rings. The van der Waals surface area contributed by atoms with Crippen LogP contribution in [-0.2, 0) is 4.79 Å². The Hall–Kier alpha value is -0.610. The van der Waals surface area contributed by atoms with Crippen LogP contribution in [0.3, 0.4) is 0 Å². The highest BCUT2D eigenvalue weighted by Crippen LogP contribution is 2.46. The molecule has 1 atom stereocenters. The van der Waals surface area contributed by atoms with Crippen molar-refractivity contribution in [1.29, 1.82) is 0 Å². The smallest absolute Gasteiger partial charge is 0.336 e. The van der Waals surface area contributed by atoms with Gasteiger partial charge in [0.05, 0.1) is 0 Å². The van der Waals surface area contributed by atoms with E-state index in [9.17, 15) is 9.90 Å². The van der Waals surface area contributed by atoms with E-state index >= 15 is 0 Å². The van der Waals surface area contributed by atoms with E-state index in [0.29, 0.717) is 5.41 Å². The van der Waals surface area contributed by atoms with Gasteiger partial charge < -0.3 is 10.2 Å². The van der Waals surface area contributed by atoms with E-state index in [1.165, 1.54) is 45.4 Å². The first-order chi connectivity index (χ1) is 7.94. The number of carboxylic acids is 1. The zero-order valence-corrected chi connectivity index (χ0v) is 10.6. The fourth-order valence-corrected chi connectivity index (χ4v) is 3.31. The predicted octanol–water partition coefficient (Wildman–Crippen LogP) is 1.48. The maximum absolute atomic E-state index is 10.9. The molecule has 0 radical (unpaired) electrons. The summed E-state index contributed by atoms with van der Waals surface area (Å²) >= 11 is 0. The number of carbonyl (C=O) groups is 1. The van der Waals surface area contributed by atoms with Crippen LogP contribution in [0.1, 0.15) is 45.4 Å². The maximum Gasteiger partial charge on any atom is 0.336 e. The van der Waals surface area contributed by atoms with Crippen LogP contribution in [0.15, 0.2) is 0 Å². The number of carboxylic acid groups (broad SMARTS) is 1. The molecule has 0 aromatic carbocycles. The number of rotatable bonds is 3. The van der Waals surface area contributed by atoms with Crippen molar-refractivity contribution in [2.45, 2.75) is 51.0 Å². The van der Waals surface area contributed by atoms with Gasteiger partial charge in [-0.15, -0.1) is 0 Å². The van der Waals surface area contributed by atoms with Crippen molar-refractivity contribution in [3.05, 3.63) is 0 Å². The number of likely N-dealkylation sites (tertiary alicyclic amines) is 1. The molecule has 1 saturated heterocycles. The van der Waals surface area contributed by atoms with Crippen molar-refractivity contribution >= 4 is 5.97 Å². The lowest BCUT2D eigenvalue weighted by Gasteiger charge is -2.41. The van der Waals surface area contributed by atoms with Gasteiger partial charge in [0.2, 0.25) is 0 Å². The molecule has 1 unspecified atom stereocenters. The molecule has 1 heterocycles.